The minimum Gasteiger partial charge on any atom is -0.456 e. The van der Waals surface area contributed by atoms with E-state index < -0.39 is 20.0 Å². The molecule has 0 saturated carbocycles. The van der Waals surface area contributed by atoms with E-state index in [1.54, 1.807) is 0 Å². The van der Waals surface area contributed by atoms with Crippen molar-refractivity contribution in [3.05, 3.63) is 60.8 Å². The highest BCUT2D eigenvalue weighted by Crippen LogP contribution is 2.43. The smallest absolute Gasteiger partial charge is 0.456 e. The summed E-state index contributed by atoms with van der Waals surface area (Å²) >= 11 is 0. The summed E-state index contributed by atoms with van der Waals surface area (Å²) in [5, 5.41) is 3.03. The SMILES string of the molecule is CC/C=C/C/C=C/C/C=C/C/C=C/CCCCCC(=O)NC(COP(=O)(O)OCC[N+](C)(C)C)C(/C=C/CCCCCCCCCCCC)OC(=O)CCCCCCCCCCCCCCC. The fourth-order valence-corrected chi connectivity index (χ4v) is 8.43. The number of phosphoric ester groups is 1. The van der Waals surface area contributed by atoms with Gasteiger partial charge < -0.3 is 19.4 Å². The van der Waals surface area contributed by atoms with Gasteiger partial charge in [0.1, 0.15) is 19.3 Å². The van der Waals surface area contributed by atoms with Gasteiger partial charge in [-0.2, -0.15) is 0 Å². The van der Waals surface area contributed by atoms with E-state index >= 15 is 0 Å². The third-order valence-corrected chi connectivity index (χ3v) is 13.0. The maximum Gasteiger partial charge on any atom is 0.472 e. The van der Waals surface area contributed by atoms with Gasteiger partial charge in [-0.15, -0.1) is 0 Å². The molecule has 0 aliphatic carbocycles. The van der Waals surface area contributed by atoms with Crippen LogP contribution < -0.4 is 5.32 Å². The van der Waals surface area contributed by atoms with Crippen LogP contribution in [0.4, 0.5) is 0 Å². The first-order chi connectivity index (χ1) is 32.4. The predicted octanol–water partition coefficient (Wildman–Crippen LogP) is 16.3. The van der Waals surface area contributed by atoms with Crippen LogP contribution in [0.25, 0.3) is 0 Å². The largest absolute Gasteiger partial charge is 0.472 e. The first kappa shape index (κ1) is 64.7. The zero-order chi connectivity index (χ0) is 49.4. The molecule has 0 spiro atoms. The molecular formula is C57H106N2O7P+. The fraction of sp³-hybridized carbons (Fsp3) is 0.789. The van der Waals surface area contributed by atoms with Crippen molar-refractivity contribution in [2.45, 2.75) is 251 Å². The van der Waals surface area contributed by atoms with Crippen LogP contribution in [0.5, 0.6) is 0 Å². The number of ether oxygens (including phenoxy) is 1. The van der Waals surface area contributed by atoms with Crippen molar-refractivity contribution < 1.29 is 37.3 Å². The van der Waals surface area contributed by atoms with Crippen LogP contribution in [-0.4, -0.2) is 74.3 Å². The van der Waals surface area contributed by atoms with E-state index in [4.69, 9.17) is 13.8 Å². The van der Waals surface area contributed by atoms with Gasteiger partial charge in [0, 0.05) is 12.8 Å². The lowest BCUT2D eigenvalue weighted by Gasteiger charge is -2.27. The molecule has 0 aromatic rings. The topological polar surface area (TPSA) is 111 Å². The molecule has 0 aliphatic rings. The molecule has 390 valence electrons. The molecule has 10 heteroatoms. The Morgan fingerprint density at radius 2 is 0.955 bits per heavy atom. The lowest BCUT2D eigenvalue weighted by atomic mass is 10.0. The molecule has 9 nitrogen and oxygen atoms in total. The molecule has 0 fully saturated rings. The van der Waals surface area contributed by atoms with Crippen LogP contribution in [0.15, 0.2) is 60.8 Å². The number of quaternary nitrogens is 1. The molecular weight excluding hydrogens is 856 g/mol. The highest BCUT2D eigenvalue weighted by molar-refractivity contribution is 7.47. The predicted molar refractivity (Wildman–Crippen MR) is 286 cm³/mol. The lowest BCUT2D eigenvalue weighted by Crippen LogP contribution is -2.47. The Hall–Kier alpha value is -2.29. The summed E-state index contributed by atoms with van der Waals surface area (Å²) in [5.74, 6) is -0.540. The number of esters is 1. The highest BCUT2D eigenvalue weighted by Gasteiger charge is 2.30. The molecule has 3 unspecified atom stereocenters. The summed E-state index contributed by atoms with van der Waals surface area (Å²) in [6.45, 7) is 6.86. The Kier molecular flexibility index (Phi) is 45.8. The number of carbonyl (C=O) groups is 2. The minimum absolute atomic E-state index is 0.0332. The van der Waals surface area contributed by atoms with E-state index in [1.807, 2.05) is 33.3 Å². The van der Waals surface area contributed by atoms with E-state index in [-0.39, 0.29) is 31.5 Å². The van der Waals surface area contributed by atoms with Crippen LogP contribution in [0, 0.1) is 0 Å². The van der Waals surface area contributed by atoms with E-state index in [0.717, 1.165) is 83.5 Å². The van der Waals surface area contributed by atoms with E-state index in [1.165, 1.54) is 116 Å². The second-order valence-electron chi connectivity index (χ2n) is 19.7. The minimum atomic E-state index is -4.45. The van der Waals surface area contributed by atoms with Crippen molar-refractivity contribution in [1.29, 1.82) is 0 Å². The van der Waals surface area contributed by atoms with Crippen molar-refractivity contribution in [3.63, 3.8) is 0 Å². The molecule has 0 rings (SSSR count). The van der Waals surface area contributed by atoms with Crippen LogP contribution >= 0.6 is 7.82 Å². The number of amides is 1. The highest BCUT2D eigenvalue weighted by atomic mass is 31.2. The molecule has 0 aromatic heterocycles. The van der Waals surface area contributed by atoms with Gasteiger partial charge in [-0.05, 0) is 70.3 Å². The molecule has 67 heavy (non-hydrogen) atoms. The van der Waals surface area contributed by atoms with Crippen LogP contribution in [0.1, 0.15) is 239 Å². The van der Waals surface area contributed by atoms with Crippen LogP contribution in [0.3, 0.4) is 0 Å². The average Bonchev–Trinajstić information content (AvgIpc) is 3.28. The zero-order valence-corrected chi connectivity index (χ0v) is 45.3. The number of phosphoric acid groups is 1. The zero-order valence-electron chi connectivity index (χ0n) is 44.4. The Morgan fingerprint density at radius 3 is 1.45 bits per heavy atom. The molecule has 0 aromatic carbocycles. The molecule has 0 aliphatic heterocycles. The number of hydrogen-bond acceptors (Lipinski definition) is 6. The van der Waals surface area contributed by atoms with Crippen molar-refractivity contribution in [1.82, 2.24) is 5.32 Å². The van der Waals surface area contributed by atoms with Crippen molar-refractivity contribution in [2.24, 2.45) is 0 Å². The maximum absolute atomic E-state index is 13.5. The summed E-state index contributed by atoms with van der Waals surface area (Å²) in [7, 11) is 1.47. The molecule has 3 atom stereocenters. The van der Waals surface area contributed by atoms with Gasteiger partial charge in [-0.1, -0.05) is 217 Å². The summed E-state index contributed by atoms with van der Waals surface area (Å²) in [6, 6.07) is -0.862. The Morgan fingerprint density at radius 1 is 0.537 bits per heavy atom. The summed E-state index contributed by atoms with van der Waals surface area (Å²) in [5.41, 5.74) is 0. The average molecular weight is 962 g/mol. The molecule has 0 radical (unpaired) electrons. The second kappa shape index (κ2) is 47.4. The fourth-order valence-electron chi connectivity index (χ4n) is 7.69. The standard InChI is InChI=1S/C57H105N2O7P/c1-7-10-13-16-19-22-25-28-29-30-32-34-37-40-43-46-49-56(60)58-54(53-65-67(62,63)64-52-51-59(4,5)6)55(48-45-42-39-36-33-27-24-21-18-15-12-9-3)66-57(61)50-47-44-41-38-35-31-26-23-20-17-14-11-8-2/h10,13,19,22,28-29,32,34,45,48,54-55H,7-9,11-12,14-18,20-21,23-27,30-31,33,35-44,46-47,49-53H2,1-6H3,(H-,58,60,62,63)/p+1/b13-10+,22-19+,29-28+,34-32+,48-45+. The van der Waals surface area contributed by atoms with Gasteiger partial charge in [-0.25, -0.2) is 4.57 Å². The summed E-state index contributed by atoms with van der Waals surface area (Å²) in [6.07, 6.45) is 57.8. The van der Waals surface area contributed by atoms with Crippen molar-refractivity contribution in [2.75, 3.05) is 40.9 Å². The summed E-state index contributed by atoms with van der Waals surface area (Å²) < 4.78 is 30.5. The van der Waals surface area contributed by atoms with E-state index in [2.05, 4.69) is 74.7 Å². The number of unbranched alkanes of at least 4 members (excludes halogenated alkanes) is 25. The Balaban J connectivity index is 5.44. The number of allylic oxidation sites excluding steroid dienone is 9. The molecule has 0 bridgehead atoms. The molecule has 2 N–H and O–H groups in total. The van der Waals surface area contributed by atoms with Gasteiger partial charge in [0.2, 0.25) is 5.91 Å². The van der Waals surface area contributed by atoms with E-state index in [9.17, 15) is 19.0 Å². The Bertz CT molecular complexity index is 1340. The van der Waals surface area contributed by atoms with E-state index in [0.29, 0.717) is 23.9 Å². The van der Waals surface area contributed by atoms with Crippen molar-refractivity contribution in [3.8, 4) is 0 Å². The van der Waals surface area contributed by atoms with Crippen LogP contribution in [-0.2, 0) is 27.9 Å². The number of carbonyl (C=O) groups excluding carboxylic acids is 2. The Labute approximate surface area is 413 Å². The summed E-state index contributed by atoms with van der Waals surface area (Å²) in [4.78, 5) is 37.5. The molecule has 0 heterocycles. The van der Waals surface area contributed by atoms with Gasteiger partial charge in [-0.3, -0.25) is 18.6 Å². The van der Waals surface area contributed by atoms with Gasteiger partial charge >= 0.3 is 13.8 Å². The first-order valence-corrected chi connectivity index (χ1v) is 29.1. The second-order valence-corrected chi connectivity index (χ2v) is 21.2. The van der Waals surface area contributed by atoms with Gasteiger partial charge in [0.25, 0.3) is 0 Å². The third-order valence-electron chi connectivity index (χ3n) is 12.0. The third kappa shape index (κ3) is 48.5. The number of hydrogen-bond donors (Lipinski definition) is 2. The van der Waals surface area contributed by atoms with Crippen molar-refractivity contribution >= 4 is 19.7 Å². The normalized spacial score (nSPS) is 14.3. The van der Waals surface area contributed by atoms with Gasteiger partial charge in [0.15, 0.2) is 0 Å². The first-order valence-electron chi connectivity index (χ1n) is 27.6. The number of nitrogens with zero attached hydrogens (tertiary/aromatic N) is 1. The van der Waals surface area contributed by atoms with Gasteiger partial charge in [0.05, 0.1) is 33.8 Å². The monoisotopic (exact) mass is 962 g/mol. The quantitative estimate of drug-likeness (QED) is 0.0205. The maximum atomic E-state index is 13.5. The number of likely N-dealkylation sites (N-methyl/N-ethyl adjacent to an activating group) is 1. The number of rotatable bonds is 49. The van der Waals surface area contributed by atoms with Crippen LogP contribution in [0.2, 0.25) is 0 Å². The number of nitrogens with one attached hydrogen (secondary N) is 1. The molecule has 1 amide bonds. The molecule has 0 saturated heterocycles. The lowest BCUT2D eigenvalue weighted by molar-refractivity contribution is -0.870.